The molecule has 0 radical (unpaired) electrons. The predicted molar refractivity (Wildman–Crippen MR) is 84.4 cm³/mol. The summed E-state index contributed by atoms with van der Waals surface area (Å²) in [4.78, 5) is 0. The molecule has 2 aliphatic rings. The van der Waals surface area contributed by atoms with Gasteiger partial charge in [0.1, 0.15) is 0 Å². The molecule has 104 valence electrons. The third-order valence-electron chi connectivity index (χ3n) is 5.17. The van der Waals surface area contributed by atoms with Gasteiger partial charge in [-0.25, -0.2) is 0 Å². The average molecular weight is 322 g/mol. The van der Waals surface area contributed by atoms with Crippen molar-refractivity contribution >= 4 is 15.9 Å². The lowest BCUT2D eigenvalue weighted by atomic mass is 9.75. The van der Waals surface area contributed by atoms with Crippen LogP contribution in [0.5, 0.6) is 0 Å². The molecule has 0 saturated heterocycles. The lowest BCUT2D eigenvalue weighted by Crippen LogP contribution is -2.42. The SMILES string of the molecule is CC1CCCC1CNC1CC(c2cccc(Br)c2)C1. The first-order valence-electron chi connectivity index (χ1n) is 7.71. The Bertz CT molecular complexity index is 425. The van der Waals surface area contributed by atoms with E-state index in [1.165, 1.54) is 48.7 Å². The van der Waals surface area contributed by atoms with E-state index in [-0.39, 0.29) is 0 Å². The summed E-state index contributed by atoms with van der Waals surface area (Å²) >= 11 is 3.57. The van der Waals surface area contributed by atoms with Gasteiger partial charge in [0.05, 0.1) is 0 Å². The Morgan fingerprint density at radius 3 is 2.79 bits per heavy atom. The molecular formula is C17H24BrN. The van der Waals surface area contributed by atoms with Gasteiger partial charge in [0.15, 0.2) is 0 Å². The maximum Gasteiger partial charge on any atom is 0.0178 e. The van der Waals surface area contributed by atoms with Crippen LogP contribution in [0.1, 0.15) is 50.5 Å². The van der Waals surface area contributed by atoms with Crippen LogP contribution in [-0.2, 0) is 0 Å². The molecule has 2 unspecified atom stereocenters. The molecule has 1 aromatic carbocycles. The van der Waals surface area contributed by atoms with E-state index >= 15 is 0 Å². The van der Waals surface area contributed by atoms with Gasteiger partial charge in [0.2, 0.25) is 0 Å². The molecule has 0 heterocycles. The number of hydrogen-bond acceptors (Lipinski definition) is 1. The molecule has 1 N–H and O–H groups in total. The van der Waals surface area contributed by atoms with Crippen LogP contribution in [0.25, 0.3) is 0 Å². The number of benzene rings is 1. The highest BCUT2D eigenvalue weighted by atomic mass is 79.9. The normalized spacial score (nSPS) is 34.2. The standard InChI is InChI=1S/C17H24BrN/c1-12-4-2-6-14(12)11-19-17-9-15(10-17)13-5-3-7-16(18)8-13/h3,5,7-8,12,14-15,17,19H,2,4,6,9-11H2,1H3. The van der Waals surface area contributed by atoms with Gasteiger partial charge >= 0.3 is 0 Å². The van der Waals surface area contributed by atoms with Crippen LogP contribution in [-0.4, -0.2) is 12.6 Å². The summed E-state index contributed by atoms with van der Waals surface area (Å²) in [5.74, 6) is 2.65. The third-order valence-corrected chi connectivity index (χ3v) is 5.66. The van der Waals surface area contributed by atoms with E-state index in [0.717, 1.165) is 23.8 Å². The lowest BCUT2D eigenvalue weighted by Gasteiger charge is -2.37. The van der Waals surface area contributed by atoms with Crippen molar-refractivity contribution in [3.63, 3.8) is 0 Å². The van der Waals surface area contributed by atoms with Gasteiger partial charge in [0, 0.05) is 10.5 Å². The summed E-state index contributed by atoms with van der Waals surface area (Å²) in [7, 11) is 0. The molecule has 0 aliphatic heterocycles. The van der Waals surface area contributed by atoms with Crippen LogP contribution in [0.3, 0.4) is 0 Å². The number of nitrogens with one attached hydrogen (secondary N) is 1. The lowest BCUT2D eigenvalue weighted by molar-refractivity contribution is 0.264. The molecule has 1 nitrogen and oxygen atoms in total. The number of halogens is 1. The number of rotatable bonds is 4. The molecule has 0 spiro atoms. The average Bonchev–Trinajstić information content (AvgIpc) is 2.73. The first-order valence-corrected chi connectivity index (χ1v) is 8.50. The fourth-order valence-electron chi connectivity index (χ4n) is 3.66. The van der Waals surface area contributed by atoms with Crippen LogP contribution >= 0.6 is 15.9 Å². The summed E-state index contributed by atoms with van der Waals surface area (Å²) in [6.07, 6.45) is 6.96. The van der Waals surface area contributed by atoms with Gasteiger partial charge in [-0.05, 0) is 61.3 Å². The summed E-state index contributed by atoms with van der Waals surface area (Å²) < 4.78 is 1.21. The molecule has 0 aromatic heterocycles. The molecule has 1 aromatic rings. The highest BCUT2D eigenvalue weighted by Gasteiger charge is 2.31. The third kappa shape index (κ3) is 3.22. The van der Waals surface area contributed by atoms with E-state index in [9.17, 15) is 0 Å². The molecule has 2 saturated carbocycles. The summed E-state index contributed by atoms with van der Waals surface area (Å²) in [6, 6.07) is 9.57. The zero-order valence-corrected chi connectivity index (χ0v) is 13.3. The fourth-order valence-corrected chi connectivity index (χ4v) is 4.08. The monoisotopic (exact) mass is 321 g/mol. The Labute approximate surface area is 125 Å². The smallest absolute Gasteiger partial charge is 0.0178 e. The van der Waals surface area contributed by atoms with E-state index in [2.05, 4.69) is 52.4 Å². The predicted octanol–water partition coefficient (Wildman–Crippen LogP) is 4.72. The summed E-state index contributed by atoms with van der Waals surface area (Å²) in [6.45, 7) is 3.67. The first-order chi connectivity index (χ1) is 9.22. The van der Waals surface area contributed by atoms with Crippen molar-refractivity contribution in [2.45, 2.75) is 51.0 Å². The minimum absolute atomic E-state index is 0.761. The maximum atomic E-state index is 3.79. The molecule has 3 rings (SSSR count). The molecule has 2 atom stereocenters. The fraction of sp³-hybridized carbons (Fsp3) is 0.647. The van der Waals surface area contributed by atoms with E-state index in [1.807, 2.05) is 0 Å². The minimum Gasteiger partial charge on any atom is -0.314 e. The Morgan fingerprint density at radius 2 is 2.11 bits per heavy atom. The Balaban J connectivity index is 1.43. The van der Waals surface area contributed by atoms with Crippen molar-refractivity contribution in [3.05, 3.63) is 34.3 Å². The van der Waals surface area contributed by atoms with Crippen molar-refractivity contribution in [1.82, 2.24) is 5.32 Å². The van der Waals surface area contributed by atoms with Gasteiger partial charge in [-0.3, -0.25) is 0 Å². The van der Waals surface area contributed by atoms with Crippen molar-refractivity contribution in [1.29, 1.82) is 0 Å². The van der Waals surface area contributed by atoms with Crippen molar-refractivity contribution in [2.24, 2.45) is 11.8 Å². The largest absolute Gasteiger partial charge is 0.314 e. The van der Waals surface area contributed by atoms with Crippen LogP contribution < -0.4 is 5.32 Å². The quantitative estimate of drug-likeness (QED) is 0.846. The molecule has 0 amide bonds. The second kappa shape index (κ2) is 5.97. The zero-order valence-electron chi connectivity index (χ0n) is 11.7. The number of hydrogen-bond donors (Lipinski definition) is 1. The highest BCUT2D eigenvalue weighted by molar-refractivity contribution is 9.10. The zero-order chi connectivity index (χ0) is 13.2. The maximum absolute atomic E-state index is 3.79. The van der Waals surface area contributed by atoms with Crippen LogP contribution in [0.2, 0.25) is 0 Å². The minimum atomic E-state index is 0.761. The topological polar surface area (TPSA) is 12.0 Å². The van der Waals surface area contributed by atoms with E-state index < -0.39 is 0 Å². The van der Waals surface area contributed by atoms with E-state index in [4.69, 9.17) is 0 Å². The summed E-state index contributed by atoms with van der Waals surface area (Å²) in [5.41, 5.74) is 1.50. The van der Waals surface area contributed by atoms with Crippen LogP contribution in [0.15, 0.2) is 28.7 Å². The van der Waals surface area contributed by atoms with Gasteiger partial charge in [-0.2, -0.15) is 0 Å². The van der Waals surface area contributed by atoms with Gasteiger partial charge in [-0.15, -0.1) is 0 Å². The van der Waals surface area contributed by atoms with Crippen LogP contribution in [0, 0.1) is 11.8 Å². The first kappa shape index (κ1) is 13.6. The second-order valence-electron chi connectivity index (χ2n) is 6.50. The van der Waals surface area contributed by atoms with E-state index in [0.29, 0.717) is 0 Å². The second-order valence-corrected chi connectivity index (χ2v) is 7.41. The molecule has 2 aliphatic carbocycles. The Kier molecular flexibility index (Phi) is 4.28. The van der Waals surface area contributed by atoms with Crippen LogP contribution in [0.4, 0.5) is 0 Å². The van der Waals surface area contributed by atoms with Gasteiger partial charge in [0.25, 0.3) is 0 Å². The van der Waals surface area contributed by atoms with Crippen molar-refractivity contribution in [2.75, 3.05) is 6.54 Å². The highest BCUT2D eigenvalue weighted by Crippen LogP contribution is 2.38. The van der Waals surface area contributed by atoms with Crippen molar-refractivity contribution in [3.8, 4) is 0 Å². The van der Waals surface area contributed by atoms with E-state index in [1.54, 1.807) is 0 Å². The Hall–Kier alpha value is -0.340. The van der Waals surface area contributed by atoms with Crippen molar-refractivity contribution < 1.29 is 0 Å². The van der Waals surface area contributed by atoms with Gasteiger partial charge < -0.3 is 5.32 Å². The van der Waals surface area contributed by atoms with Gasteiger partial charge in [-0.1, -0.05) is 47.8 Å². The molecular weight excluding hydrogens is 298 g/mol. The molecule has 2 heteroatoms. The Morgan fingerprint density at radius 1 is 1.26 bits per heavy atom. The molecule has 2 fully saturated rings. The molecule has 19 heavy (non-hydrogen) atoms. The summed E-state index contributed by atoms with van der Waals surface area (Å²) in [5, 5.41) is 3.79. The molecule has 0 bridgehead atoms.